The molecule has 0 aliphatic carbocycles. The standard InChI is InChI=1S/C8H7ClN2O/c1-12-8-7-5(2-3-10-7)6(9)4-11-8/h2-4,10H,1H3. The lowest BCUT2D eigenvalue weighted by molar-refractivity contribution is 0.402. The van der Waals surface area contributed by atoms with Crippen LogP contribution in [-0.2, 0) is 0 Å². The smallest absolute Gasteiger partial charge is 0.238 e. The molecule has 4 heteroatoms. The molecule has 0 aromatic carbocycles. The van der Waals surface area contributed by atoms with Crippen molar-refractivity contribution in [1.29, 1.82) is 0 Å². The van der Waals surface area contributed by atoms with Gasteiger partial charge in [-0.2, -0.15) is 0 Å². The summed E-state index contributed by atoms with van der Waals surface area (Å²) in [6.45, 7) is 0. The molecule has 2 aromatic heterocycles. The fourth-order valence-electron chi connectivity index (χ4n) is 1.15. The molecule has 2 heterocycles. The molecule has 0 aliphatic heterocycles. The van der Waals surface area contributed by atoms with Crippen LogP contribution in [0.15, 0.2) is 18.5 Å². The van der Waals surface area contributed by atoms with Crippen molar-refractivity contribution in [3.8, 4) is 5.88 Å². The molecule has 1 N–H and O–H groups in total. The predicted molar refractivity (Wildman–Crippen MR) is 47.7 cm³/mol. The summed E-state index contributed by atoms with van der Waals surface area (Å²) in [7, 11) is 1.58. The van der Waals surface area contributed by atoms with E-state index in [1.807, 2.05) is 6.07 Å². The zero-order chi connectivity index (χ0) is 8.55. The molecule has 62 valence electrons. The van der Waals surface area contributed by atoms with Crippen LogP contribution in [-0.4, -0.2) is 17.1 Å². The maximum atomic E-state index is 5.89. The zero-order valence-corrected chi connectivity index (χ0v) is 7.22. The van der Waals surface area contributed by atoms with Gasteiger partial charge < -0.3 is 9.72 Å². The lowest BCUT2D eigenvalue weighted by Crippen LogP contribution is -1.88. The Morgan fingerprint density at radius 3 is 3.17 bits per heavy atom. The number of nitrogens with one attached hydrogen (secondary N) is 1. The first kappa shape index (κ1) is 7.43. The largest absolute Gasteiger partial charge is 0.479 e. The third-order valence-electron chi connectivity index (χ3n) is 1.71. The quantitative estimate of drug-likeness (QED) is 0.735. The average Bonchev–Trinajstić information content (AvgIpc) is 2.54. The molecule has 0 amide bonds. The lowest BCUT2D eigenvalue weighted by Gasteiger charge is -2.00. The van der Waals surface area contributed by atoms with Gasteiger partial charge in [-0.05, 0) is 6.07 Å². The fourth-order valence-corrected chi connectivity index (χ4v) is 1.36. The summed E-state index contributed by atoms with van der Waals surface area (Å²) >= 11 is 5.89. The molecule has 0 fully saturated rings. The summed E-state index contributed by atoms with van der Waals surface area (Å²) in [5.74, 6) is 0.569. The number of halogens is 1. The summed E-state index contributed by atoms with van der Waals surface area (Å²) in [4.78, 5) is 7.02. The molecule has 0 spiro atoms. The van der Waals surface area contributed by atoms with E-state index in [0.29, 0.717) is 10.9 Å². The van der Waals surface area contributed by atoms with Crippen LogP contribution in [0, 0.1) is 0 Å². The van der Waals surface area contributed by atoms with E-state index >= 15 is 0 Å². The number of H-pyrrole nitrogens is 1. The van der Waals surface area contributed by atoms with Gasteiger partial charge in [0.2, 0.25) is 5.88 Å². The van der Waals surface area contributed by atoms with Gasteiger partial charge in [0, 0.05) is 11.6 Å². The highest BCUT2D eigenvalue weighted by molar-refractivity contribution is 6.35. The Morgan fingerprint density at radius 1 is 1.58 bits per heavy atom. The number of hydrogen-bond donors (Lipinski definition) is 1. The van der Waals surface area contributed by atoms with Gasteiger partial charge in [-0.3, -0.25) is 0 Å². The minimum Gasteiger partial charge on any atom is -0.479 e. The van der Waals surface area contributed by atoms with Gasteiger partial charge in [0.15, 0.2) is 0 Å². The first-order chi connectivity index (χ1) is 5.83. The number of pyridine rings is 1. The van der Waals surface area contributed by atoms with Crippen LogP contribution in [0.25, 0.3) is 10.9 Å². The second-order valence-electron chi connectivity index (χ2n) is 2.38. The summed E-state index contributed by atoms with van der Waals surface area (Å²) < 4.78 is 5.04. The van der Waals surface area contributed by atoms with E-state index in [1.54, 1.807) is 19.5 Å². The molecule has 0 aliphatic rings. The minimum absolute atomic E-state index is 0.569. The van der Waals surface area contributed by atoms with Gasteiger partial charge in [0.25, 0.3) is 0 Å². The highest BCUT2D eigenvalue weighted by Gasteiger charge is 2.06. The van der Waals surface area contributed by atoms with E-state index in [4.69, 9.17) is 16.3 Å². The van der Waals surface area contributed by atoms with E-state index in [9.17, 15) is 0 Å². The van der Waals surface area contributed by atoms with E-state index in [1.165, 1.54) is 0 Å². The van der Waals surface area contributed by atoms with Gasteiger partial charge in [-0.15, -0.1) is 0 Å². The second kappa shape index (κ2) is 2.68. The first-order valence-corrected chi connectivity index (χ1v) is 3.86. The summed E-state index contributed by atoms with van der Waals surface area (Å²) in [5.41, 5.74) is 0.838. The number of methoxy groups -OCH3 is 1. The van der Waals surface area contributed by atoms with E-state index in [-0.39, 0.29) is 0 Å². The van der Waals surface area contributed by atoms with Crippen molar-refractivity contribution in [2.75, 3.05) is 7.11 Å². The maximum Gasteiger partial charge on any atom is 0.238 e. The van der Waals surface area contributed by atoms with Crippen LogP contribution < -0.4 is 4.74 Å². The average molecular weight is 183 g/mol. The molecule has 2 aromatic rings. The summed E-state index contributed by atoms with van der Waals surface area (Å²) in [6.07, 6.45) is 3.39. The lowest BCUT2D eigenvalue weighted by atomic mass is 10.3. The Balaban J connectivity index is 2.82. The van der Waals surface area contributed by atoms with Crippen LogP contribution in [0.4, 0.5) is 0 Å². The van der Waals surface area contributed by atoms with Crippen LogP contribution in [0.2, 0.25) is 5.02 Å². The number of hydrogen-bond acceptors (Lipinski definition) is 2. The zero-order valence-electron chi connectivity index (χ0n) is 6.47. The molecular weight excluding hydrogens is 176 g/mol. The molecule has 2 rings (SSSR count). The van der Waals surface area contributed by atoms with Gasteiger partial charge in [-0.1, -0.05) is 11.6 Å². The highest BCUT2D eigenvalue weighted by Crippen LogP contribution is 2.27. The van der Waals surface area contributed by atoms with Crippen LogP contribution in [0.1, 0.15) is 0 Å². The summed E-state index contributed by atoms with van der Waals surface area (Å²) in [6, 6.07) is 1.89. The Hall–Kier alpha value is -1.22. The molecule has 12 heavy (non-hydrogen) atoms. The van der Waals surface area contributed by atoms with Crippen molar-refractivity contribution in [3.63, 3.8) is 0 Å². The molecule has 0 atom stereocenters. The van der Waals surface area contributed by atoms with Gasteiger partial charge in [0.1, 0.15) is 5.52 Å². The Labute approximate surface area is 74.3 Å². The van der Waals surface area contributed by atoms with Crippen molar-refractivity contribution in [3.05, 3.63) is 23.5 Å². The number of aromatic amines is 1. The first-order valence-electron chi connectivity index (χ1n) is 3.48. The van der Waals surface area contributed by atoms with Crippen molar-refractivity contribution in [1.82, 2.24) is 9.97 Å². The molecule has 0 bridgehead atoms. The maximum absolute atomic E-state index is 5.89. The Morgan fingerprint density at radius 2 is 2.42 bits per heavy atom. The Kier molecular flexibility index (Phi) is 1.66. The van der Waals surface area contributed by atoms with Gasteiger partial charge >= 0.3 is 0 Å². The van der Waals surface area contributed by atoms with Gasteiger partial charge in [-0.25, -0.2) is 4.98 Å². The van der Waals surface area contributed by atoms with E-state index in [0.717, 1.165) is 10.9 Å². The molecular formula is C8H7ClN2O. The normalized spacial score (nSPS) is 10.5. The predicted octanol–water partition coefficient (Wildman–Crippen LogP) is 2.22. The number of nitrogens with zero attached hydrogens (tertiary/aromatic N) is 1. The van der Waals surface area contributed by atoms with Crippen LogP contribution in [0.5, 0.6) is 5.88 Å². The molecule has 3 nitrogen and oxygen atoms in total. The molecule has 0 radical (unpaired) electrons. The number of fused-ring (bicyclic) bond motifs is 1. The monoisotopic (exact) mass is 182 g/mol. The van der Waals surface area contributed by atoms with Crippen molar-refractivity contribution in [2.45, 2.75) is 0 Å². The van der Waals surface area contributed by atoms with E-state index < -0.39 is 0 Å². The molecule has 0 saturated carbocycles. The minimum atomic E-state index is 0.569. The molecule has 0 saturated heterocycles. The van der Waals surface area contributed by atoms with E-state index in [2.05, 4.69) is 9.97 Å². The molecule has 0 unspecified atom stereocenters. The van der Waals surface area contributed by atoms with Crippen LogP contribution >= 0.6 is 11.6 Å². The number of aromatic nitrogens is 2. The topological polar surface area (TPSA) is 37.9 Å². The fraction of sp³-hybridized carbons (Fsp3) is 0.125. The van der Waals surface area contributed by atoms with Crippen molar-refractivity contribution in [2.24, 2.45) is 0 Å². The van der Waals surface area contributed by atoms with Crippen molar-refractivity contribution >= 4 is 22.5 Å². The number of ether oxygens (including phenoxy) is 1. The third kappa shape index (κ3) is 0.940. The van der Waals surface area contributed by atoms with Crippen molar-refractivity contribution < 1.29 is 4.74 Å². The summed E-state index contributed by atoms with van der Waals surface area (Å²) in [5, 5.41) is 1.57. The van der Waals surface area contributed by atoms with Crippen LogP contribution in [0.3, 0.4) is 0 Å². The highest BCUT2D eigenvalue weighted by atomic mass is 35.5. The SMILES string of the molecule is COc1ncc(Cl)c2cc[nH]c12. The number of rotatable bonds is 1. The van der Waals surface area contributed by atoms with Gasteiger partial charge in [0.05, 0.1) is 18.3 Å². The third-order valence-corrected chi connectivity index (χ3v) is 2.01. The second-order valence-corrected chi connectivity index (χ2v) is 2.79. The Bertz CT molecular complexity index is 410.